The average Bonchev–Trinajstić information content (AvgIpc) is 2.50. The Morgan fingerprint density at radius 2 is 1.50 bits per heavy atom. The van der Waals surface area contributed by atoms with E-state index in [9.17, 15) is 0 Å². The predicted molar refractivity (Wildman–Crippen MR) is 86.0 cm³/mol. The number of benzene rings is 2. The van der Waals surface area contributed by atoms with Gasteiger partial charge in [-0.3, -0.25) is 0 Å². The van der Waals surface area contributed by atoms with Gasteiger partial charge in [0, 0.05) is 16.8 Å². The van der Waals surface area contributed by atoms with Gasteiger partial charge in [0.1, 0.15) is 5.75 Å². The molecule has 2 aromatic rings. The molecule has 0 saturated carbocycles. The van der Waals surface area contributed by atoms with Gasteiger partial charge in [0.05, 0.1) is 5.22 Å². The first-order valence-corrected chi connectivity index (χ1v) is 8.14. The SMILES string of the molecule is Oc1ccccc1.[SiH3]C1(c2ccccc2)CCCCO1. The minimum Gasteiger partial charge on any atom is -0.508 e. The van der Waals surface area contributed by atoms with E-state index in [-0.39, 0.29) is 5.22 Å². The van der Waals surface area contributed by atoms with Crippen LogP contribution in [0.3, 0.4) is 0 Å². The predicted octanol–water partition coefficient (Wildman–Crippen LogP) is 2.80. The minimum absolute atomic E-state index is 0.111. The lowest BCUT2D eigenvalue weighted by molar-refractivity contribution is -0.0210. The van der Waals surface area contributed by atoms with Crippen LogP contribution in [-0.2, 0) is 9.96 Å². The quantitative estimate of drug-likeness (QED) is 0.817. The highest BCUT2D eigenvalue weighted by Gasteiger charge is 2.28. The van der Waals surface area contributed by atoms with E-state index in [1.54, 1.807) is 24.3 Å². The fourth-order valence-electron chi connectivity index (χ4n) is 2.38. The Morgan fingerprint density at radius 3 is 1.95 bits per heavy atom. The van der Waals surface area contributed by atoms with E-state index in [0.717, 1.165) is 16.8 Å². The van der Waals surface area contributed by atoms with Crippen molar-refractivity contribution in [1.29, 1.82) is 0 Å². The number of aromatic hydroxyl groups is 1. The molecule has 1 fully saturated rings. The van der Waals surface area contributed by atoms with Crippen molar-refractivity contribution in [3.05, 3.63) is 66.2 Å². The number of hydrogen-bond donors (Lipinski definition) is 1. The Balaban J connectivity index is 0.000000178. The van der Waals surface area contributed by atoms with Crippen molar-refractivity contribution in [3.63, 3.8) is 0 Å². The van der Waals surface area contributed by atoms with Crippen molar-refractivity contribution < 1.29 is 9.84 Å². The normalized spacial score (nSPS) is 21.8. The number of phenolic OH excluding ortho intramolecular Hbond substituents is 1. The van der Waals surface area contributed by atoms with E-state index >= 15 is 0 Å². The first-order chi connectivity index (χ1) is 9.71. The van der Waals surface area contributed by atoms with Gasteiger partial charge in [-0.2, -0.15) is 0 Å². The highest BCUT2D eigenvalue weighted by molar-refractivity contribution is 6.14. The fourth-order valence-corrected chi connectivity index (χ4v) is 3.27. The molecule has 1 saturated heterocycles. The Labute approximate surface area is 123 Å². The van der Waals surface area contributed by atoms with Crippen LogP contribution in [0.2, 0.25) is 0 Å². The van der Waals surface area contributed by atoms with Gasteiger partial charge in [-0.1, -0.05) is 48.5 Å². The van der Waals surface area contributed by atoms with Crippen molar-refractivity contribution >= 4 is 10.2 Å². The largest absolute Gasteiger partial charge is 0.508 e. The van der Waals surface area contributed by atoms with E-state index in [1.807, 2.05) is 6.07 Å². The van der Waals surface area contributed by atoms with Crippen molar-refractivity contribution in [2.24, 2.45) is 0 Å². The van der Waals surface area contributed by atoms with Crippen LogP contribution in [0.5, 0.6) is 5.75 Å². The number of ether oxygens (including phenoxy) is 1. The van der Waals surface area contributed by atoms with Crippen LogP contribution in [0.15, 0.2) is 60.7 Å². The Morgan fingerprint density at radius 1 is 0.900 bits per heavy atom. The molecule has 20 heavy (non-hydrogen) atoms. The molecular weight excluding hydrogens is 264 g/mol. The highest BCUT2D eigenvalue weighted by atomic mass is 28.1. The maximum atomic E-state index is 8.63. The van der Waals surface area contributed by atoms with Gasteiger partial charge in [-0.05, 0) is 37.0 Å². The number of hydrogen-bond acceptors (Lipinski definition) is 2. The molecular formula is C17H22O2Si. The smallest absolute Gasteiger partial charge is 0.115 e. The molecule has 0 radical (unpaired) electrons. The number of rotatable bonds is 1. The minimum atomic E-state index is 0.111. The molecule has 1 N–H and O–H groups in total. The van der Waals surface area contributed by atoms with Crippen LogP contribution >= 0.6 is 0 Å². The van der Waals surface area contributed by atoms with Gasteiger partial charge >= 0.3 is 0 Å². The monoisotopic (exact) mass is 286 g/mol. The van der Waals surface area contributed by atoms with E-state index < -0.39 is 0 Å². The lowest BCUT2D eigenvalue weighted by Crippen LogP contribution is -2.33. The first kappa shape index (κ1) is 14.8. The zero-order valence-electron chi connectivity index (χ0n) is 12.0. The van der Waals surface area contributed by atoms with Crippen LogP contribution in [0.1, 0.15) is 24.8 Å². The van der Waals surface area contributed by atoms with Gasteiger partial charge < -0.3 is 9.84 Å². The summed E-state index contributed by atoms with van der Waals surface area (Å²) in [6.07, 6.45) is 3.76. The maximum absolute atomic E-state index is 8.63. The molecule has 1 aliphatic rings. The summed E-state index contributed by atoms with van der Waals surface area (Å²) in [6.45, 7) is 0.943. The summed E-state index contributed by atoms with van der Waals surface area (Å²) in [5, 5.41) is 8.74. The van der Waals surface area contributed by atoms with Crippen molar-refractivity contribution in [3.8, 4) is 5.75 Å². The molecule has 1 atom stereocenters. The first-order valence-electron chi connectivity index (χ1n) is 7.14. The molecule has 106 valence electrons. The summed E-state index contributed by atoms with van der Waals surface area (Å²) >= 11 is 0. The maximum Gasteiger partial charge on any atom is 0.115 e. The zero-order valence-corrected chi connectivity index (χ0v) is 14.0. The lowest BCUT2D eigenvalue weighted by atomic mass is 10.0. The van der Waals surface area contributed by atoms with Crippen LogP contribution in [-0.4, -0.2) is 22.0 Å². The van der Waals surface area contributed by atoms with Crippen LogP contribution < -0.4 is 0 Å². The molecule has 0 aliphatic carbocycles. The zero-order chi connectivity index (χ0) is 14.3. The second-order valence-electron chi connectivity index (χ2n) is 5.24. The molecule has 2 aromatic carbocycles. The second kappa shape index (κ2) is 7.27. The standard InChI is InChI=1S/C11H16OSi.C6H6O/c13-11(8-4-5-9-12-11)10-6-2-1-3-7-10;7-6-4-2-1-3-5-6/h1-3,6-7H,4-5,8-9H2,13H3;1-5,7H. The molecule has 1 heterocycles. The van der Waals surface area contributed by atoms with E-state index in [4.69, 9.17) is 9.84 Å². The lowest BCUT2D eigenvalue weighted by Gasteiger charge is -2.34. The highest BCUT2D eigenvalue weighted by Crippen LogP contribution is 2.31. The summed E-state index contributed by atoms with van der Waals surface area (Å²) in [5.74, 6) is 0.322. The molecule has 0 amide bonds. The molecule has 3 heteroatoms. The summed E-state index contributed by atoms with van der Waals surface area (Å²) in [7, 11) is 1.10. The number of phenols is 1. The molecule has 1 aliphatic heterocycles. The van der Waals surface area contributed by atoms with Gasteiger partial charge in [0.15, 0.2) is 0 Å². The molecule has 2 nitrogen and oxygen atoms in total. The van der Waals surface area contributed by atoms with Crippen molar-refractivity contribution in [2.75, 3.05) is 6.61 Å². The third-order valence-electron chi connectivity index (χ3n) is 3.61. The van der Waals surface area contributed by atoms with Gasteiger partial charge in [-0.25, -0.2) is 0 Å². The summed E-state index contributed by atoms with van der Waals surface area (Å²) in [6, 6.07) is 19.4. The average molecular weight is 286 g/mol. The van der Waals surface area contributed by atoms with Crippen LogP contribution in [0.4, 0.5) is 0 Å². The molecule has 0 spiro atoms. The third kappa shape index (κ3) is 4.22. The van der Waals surface area contributed by atoms with E-state index in [0.29, 0.717) is 5.75 Å². The summed E-state index contributed by atoms with van der Waals surface area (Å²) in [5.41, 5.74) is 1.38. The van der Waals surface area contributed by atoms with Crippen molar-refractivity contribution in [1.82, 2.24) is 0 Å². The van der Waals surface area contributed by atoms with Gasteiger partial charge in [0.2, 0.25) is 0 Å². The van der Waals surface area contributed by atoms with E-state index in [1.165, 1.54) is 24.8 Å². The fraction of sp³-hybridized carbons (Fsp3) is 0.294. The molecule has 0 aromatic heterocycles. The molecule has 1 unspecified atom stereocenters. The van der Waals surface area contributed by atoms with Crippen LogP contribution in [0.25, 0.3) is 0 Å². The topological polar surface area (TPSA) is 29.5 Å². The van der Waals surface area contributed by atoms with Gasteiger partial charge in [-0.15, -0.1) is 0 Å². The summed E-state index contributed by atoms with van der Waals surface area (Å²) < 4.78 is 5.91. The van der Waals surface area contributed by atoms with Crippen molar-refractivity contribution in [2.45, 2.75) is 24.5 Å². The Bertz CT molecular complexity index is 493. The van der Waals surface area contributed by atoms with E-state index in [2.05, 4.69) is 30.3 Å². The van der Waals surface area contributed by atoms with Gasteiger partial charge in [0.25, 0.3) is 0 Å². The molecule has 0 bridgehead atoms. The Hall–Kier alpha value is -1.58. The second-order valence-corrected chi connectivity index (χ2v) is 6.85. The summed E-state index contributed by atoms with van der Waals surface area (Å²) in [4.78, 5) is 0. The Kier molecular flexibility index (Phi) is 5.38. The molecule has 3 rings (SSSR count). The van der Waals surface area contributed by atoms with Crippen LogP contribution in [0, 0.1) is 0 Å². The number of para-hydroxylation sites is 1. The third-order valence-corrected chi connectivity index (χ3v) is 4.98.